The molecule has 1 aromatic rings. The monoisotopic (exact) mass is 292 g/mol. The first-order valence-electron chi connectivity index (χ1n) is 7.46. The molecular weight excluding hydrogens is 272 g/mol. The van der Waals surface area contributed by atoms with Gasteiger partial charge in [-0.05, 0) is 37.8 Å². The van der Waals surface area contributed by atoms with Crippen LogP contribution >= 0.6 is 0 Å². The molecule has 0 aromatic carbocycles. The van der Waals surface area contributed by atoms with Crippen molar-refractivity contribution in [1.82, 2.24) is 9.80 Å². The smallest absolute Gasteiger partial charge is 0.320 e. The second-order valence-electron chi connectivity index (χ2n) is 5.84. The lowest BCUT2D eigenvalue weighted by Gasteiger charge is -2.35. The molecule has 0 spiro atoms. The third-order valence-electron chi connectivity index (χ3n) is 4.18. The molecule has 1 aliphatic heterocycles. The number of aliphatic carboxylic acids is 1. The molecule has 0 bridgehead atoms. The largest absolute Gasteiger partial charge is 0.481 e. The molecule has 2 heterocycles. The summed E-state index contributed by atoms with van der Waals surface area (Å²) in [5, 5.41) is 9.14. The maximum absolute atomic E-state index is 12.7. The average molecular weight is 292 g/mol. The van der Waals surface area contributed by atoms with E-state index >= 15 is 0 Å². The number of carbonyl (C=O) groups is 2. The lowest BCUT2D eigenvalue weighted by molar-refractivity contribution is -0.143. The quantitative estimate of drug-likeness (QED) is 0.923. The predicted octanol–water partition coefficient (Wildman–Crippen LogP) is 2.16. The molecule has 0 unspecified atom stereocenters. The molecule has 1 atom stereocenters. The molecule has 2 amide bonds. The van der Waals surface area contributed by atoms with Crippen molar-refractivity contribution in [2.45, 2.75) is 38.3 Å². The Kier molecular flexibility index (Phi) is 3.86. The normalized spacial score (nSPS) is 22.1. The fourth-order valence-corrected chi connectivity index (χ4v) is 2.84. The zero-order valence-electron chi connectivity index (χ0n) is 11.9. The highest BCUT2D eigenvalue weighted by atomic mass is 16.4. The van der Waals surface area contributed by atoms with Crippen molar-refractivity contribution in [1.29, 1.82) is 0 Å². The third kappa shape index (κ3) is 3.20. The number of rotatable bonds is 4. The summed E-state index contributed by atoms with van der Waals surface area (Å²) >= 11 is 0. The van der Waals surface area contributed by atoms with Crippen molar-refractivity contribution < 1.29 is 19.1 Å². The molecule has 1 saturated carbocycles. The Hall–Kier alpha value is -1.98. The Morgan fingerprint density at radius 2 is 2.19 bits per heavy atom. The lowest BCUT2D eigenvalue weighted by atomic mass is 9.98. The third-order valence-corrected chi connectivity index (χ3v) is 4.18. The Balaban J connectivity index is 1.67. The van der Waals surface area contributed by atoms with Gasteiger partial charge < -0.3 is 19.3 Å². The van der Waals surface area contributed by atoms with E-state index in [9.17, 15) is 9.59 Å². The van der Waals surface area contributed by atoms with Crippen molar-refractivity contribution in [3.63, 3.8) is 0 Å². The Labute approximate surface area is 123 Å². The zero-order valence-corrected chi connectivity index (χ0v) is 11.9. The van der Waals surface area contributed by atoms with Crippen LogP contribution in [0.5, 0.6) is 0 Å². The summed E-state index contributed by atoms with van der Waals surface area (Å²) < 4.78 is 5.33. The van der Waals surface area contributed by atoms with Crippen LogP contribution in [-0.4, -0.2) is 46.0 Å². The van der Waals surface area contributed by atoms with Gasteiger partial charge in [0.25, 0.3) is 0 Å². The molecule has 1 N–H and O–H groups in total. The molecule has 0 radical (unpaired) electrons. The summed E-state index contributed by atoms with van der Waals surface area (Å²) in [6.07, 6.45) is 5.04. The van der Waals surface area contributed by atoms with Crippen molar-refractivity contribution in [3.8, 4) is 0 Å². The van der Waals surface area contributed by atoms with Gasteiger partial charge in [0.15, 0.2) is 0 Å². The van der Waals surface area contributed by atoms with Gasteiger partial charge in [0.2, 0.25) is 0 Å². The number of amides is 2. The van der Waals surface area contributed by atoms with Crippen LogP contribution in [0.15, 0.2) is 22.8 Å². The second-order valence-corrected chi connectivity index (χ2v) is 5.84. The van der Waals surface area contributed by atoms with Gasteiger partial charge in [0, 0.05) is 19.1 Å². The predicted molar refractivity (Wildman–Crippen MR) is 74.6 cm³/mol. The van der Waals surface area contributed by atoms with Crippen LogP contribution in [-0.2, 0) is 11.3 Å². The van der Waals surface area contributed by atoms with Gasteiger partial charge >= 0.3 is 12.0 Å². The first-order valence-corrected chi connectivity index (χ1v) is 7.46. The molecule has 6 nitrogen and oxygen atoms in total. The maximum Gasteiger partial charge on any atom is 0.320 e. The van der Waals surface area contributed by atoms with Crippen molar-refractivity contribution in [2.75, 3.05) is 13.1 Å². The first-order chi connectivity index (χ1) is 10.1. The maximum atomic E-state index is 12.7. The lowest BCUT2D eigenvalue weighted by Crippen LogP contribution is -2.49. The van der Waals surface area contributed by atoms with Crippen LogP contribution < -0.4 is 0 Å². The highest BCUT2D eigenvalue weighted by molar-refractivity contribution is 5.77. The molecule has 1 aromatic heterocycles. The average Bonchev–Trinajstić information content (AvgIpc) is 3.20. The number of furan rings is 1. The minimum Gasteiger partial charge on any atom is -0.481 e. The number of carbonyl (C=O) groups excluding carboxylic acids is 1. The van der Waals surface area contributed by atoms with Crippen LogP contribution in [0.25, 0.3) is 0 Å². The molecule has 1 saturated heterocycles. The Bertz CT molecular complexity index is 510. The van der Waals surface area contributed by atoms with E-state index in [1.165, 1.54) is 0 Å². The summed E-state index contributed by atoms with van der Waals surface area (Å²) in [5.74, 6) is -0.481. The molecule has 2 aliphatic rings. The van der Waals surface area contributed by atoms with E-state index in [1.807, 2.05) is 17.0 Å². The van der Waals surface area contributed by atoms with Crippen LogP contribution in [0, 0.1) is 5.92 Å². The minimum absolute atomic E-state index is 0.0557. The summed E-state index contributed by atoms with van der Waals surface area (Å²) in [4.78, 5) is 27.3. The fraction of sp³-hybridized carbons (Fsp3) is 0.600. The van der Waals surface area contributed by atoms with E-state index in [0.29, 0.717) is 26.1 Å². The SMILES string of the molecule is O=C(O)[C@H]1CCCN(C(=O)N(Cc2ccco2)C2CC2)C1. The first kappa shape index (κ1) is 14.0. The number of piperidine rings is 1. The summed E-state index contributed by atoms with van der Waals surface area (Å²) in [7, 11) is 0. The molecular formula is C15H20N2O4. The van der Waals surface area contributed by atoms with Crippen LogP contribution in [0.4, 0.5) is 4.79 Å². The van der Waals surface area contributed by atoms with E-state index in [4.69, 9.17) is 9.52 Å². The second kappa shape index (κ2) is 5.79. The van der Waals surface area contributed by atoms with E-state index in [0.717, 1.165) is 25.0 Å². The number of carboxylic acids is 1. The van der Waals surface area contributed by atoms with Gasteiger partial charge in [0.05, 0.1) is 18.7 Å². The number of urea groups is 1. The van der Waals surface area contributed by atoms with Gasteiger partial charge in [-0.15, -0.1) is 0 Å². The van der Waals surface area contributed by atoms with Crippen molar-refractivity contribution in [2.24, 2.45) is 5.92 Å². The van der Waals surface area contributed by atoms with Gasteiger partial charge in [-0.25, -0.2) is 4.79 Å². The van der Waals surface area contributed by atoms with Crippen molar-refractivity contribution >= 4 is 12.0 Å². The van der Waals surface area contributed by atoms with Gasteiger partial charge in [-0.2, -0.15) is 0 Å². The number of likely N-dealkylation sites (tertiary alicyclic amines) is 1. The van der Waals surface area contributed by atoms with E-state index in [2.05, 4.69) is 0 Å². The highest BCUT2D eigenvalue weighted by Crippen LogP contribution is 2.30. The zero-order chi connectivity index (χ0) is 14.8. The van der Waals surface area contributed by atoms with Gasteiger partial charge in [-0.3, -0.25) is 4.79 Å². The molecule has 1 aliphatic carbocycles. The number of hydrogen-bond donors (Lipinski definition) is 1. The number of carboxylic acid groups (broad SMARTS) is 1. The highest BCUT2D eigenvalue weighted by Gasteiger charge is 2.37. The van der Waals surface area contributed by atoms with Crippen LogP contribution in [0.3, 0.4) is 0 Å². The minimum atomic E-state index is -0.809. The number of hydrogen-bond acceptors (Lipinski definition) is 3. The topological polar surface area (TPSA) is 74.0 Å². The summed E-state index contributed by atoms with van der Waals surface area (Å²) in [6.45, 7) is 1.42. The van der Waals surface area contributed by atoms with E-state index < -0.39 is 11.9 Å². The van der Waals surface area contributed by atoms with E-state index in [-0.39, 0.29) is 12.1 Å². The van der Waals surface area contributed by atoms with Crippen LogP contribution in [0.2, 0.25) is 0 Å². The standard InChI is InChI=1S/C15H20N2O4/c18-14(19)11-3-1-7-16(9-11)15(20)17(12-5-6-12)10-13-4-2-8-21-13/h2,4,8,11-12H,1,3,5-7,9-10H2,(H,18,19)/t11-/m0/s1. The fourth-order valence-electron chi connectivity index (χ4n) is 2.84. The number of nitrogens with zero attached hydrogens (tertiary/aromatic N) is 2. The molecule has 3 rings (SSSR count). The van der Waals surface area contributed by atoms with Crippen molar-refractivity contribution in [3.05, 3.63) is 24.2 Å². The van der Waals surface area contributed by atoms with Gasteiger partial charge in [0.1, 0.15) is 5.76 Å². The van der Waals surface area contributed by atoms with Crippen LogP contribution in [0.1, 0.15) is 31.4 Å². The molecule has 21 heavy (non-hydrogen) atoms. The summed E-state index contributed by atoms with van der Waals surface area (Å²) in [6, 6.07) is 3.89. The Morgan fingerprint density at radius 1 is 1.38 bits per heavy atom. The summed E-state index contributed by atoms with van der Waals surface area (Å²) in [5.41, 5.74) is 0. The molecule has 6 heteroatoms. The van der Waals surface area contributed by atoms with Gasteiger partial charge in [-0.1, -0.05) is 0 Å². The molecule has 2 fully saturated rings. The molecule has 114 valence electrons. The Morgan fingerprint density at radius 3 is 2.81 bits per heavy atom. The van der Waals surface area contributed by atoms with E-state index in [1.54, 1.807) is 11.2 Å².